The normalized spacial score (nSPS) is 11.4. The molecule has 0 aliphatic carbocycles. The number of imidazole rings is 1. The minimum Gasteiger partial charge on any atom is -0.437 e. The molecule has 0 atom stereocenters. The van der Waals surface area contributed by atoms with E-state index in [1.165, 1.54) is 17.7 Å². The second-order valence-electron chi connectivity index (χ2n) is 8.00. The Morgan fingerprint density at radius 3 is 2.45 bits per heavy atom. The molecular formula is C24H21ClN6OS. The fraction of sp³-hybridized carbons (Fsp3) is 0.167. The molecule has 0 saturated carbocycles. The molecule has 3 aromatic heterocycles. The Kier molecular flexibility index (Phi) is 5.70. The number of hydrogen-bond acceptors (Lipinski definition) is 7. The van der Waals surface area contributed by atoms with Crippen molar-refractivity contribution in [2.45, 2.75) is 20.4 Å². The van der Waals surface area contributed by atoms with Crippen molar-refractivity contribution < 1.29 is 4.74 Å². The Hall–Kier alpha value is -3.49. The van der Waals surface area contributed by atoms with Crippen molar-refractivity contribution in [3.8, 4) is 33.3 Å². The van der Waals surface area contributed by atoms with E-state index < -0.39 is 0 Å². The summed E-state index contributed by atoms with van der Waals surface area (Å²) < 4.78 is 8.07. The molecule has 33 heavy (non-hydrogen) atoms. The average Bonchev–Trinajstić information content (AvgIpc) is 3.39. The van der Waals surface area contributed by atoms with E-state index in [9.17, 15) is 0 Å². The van der Waals surface area contributed by atoms with E-state index in [-0.39, 0.29) is 0 Å². The van der Waals surface area contributed by atoms with Gasteiger partial charge < -0.3 is 15.0 Å². The standard InChI is InChI=1S/C24H21ClN6OS/c1-14(2)11-31-13-29-20-22(31)27-12-28-23(20)32-18-9-5-16(6-10-18)21-19(30-24(26)33-21)15-3-7-17(25)8-4-15/h3-10,12-14H,11H2,1-2H3,(H2,26,30). The van der Waals surface area contributed by atoms with Crippen LogP contribution in [-0.2, 0) is 6.54 Å². The van der Waals surface area contributed by atoms with Crippen molar-refractivity contribution in [1.82, 2.24) is 24.5 Å². The molecule has 0 aliphatic heterocycles. The van der Waals surface area contributed by atoms with Gasteiger partial charge in [-0.1, -0.05) is 48.9 Å². The van der Waals surface area contributed by atoms with Gasteiger partial charge in [-0.15, -0.1) is 0 Å². The molecule has 0 aliphatic rings. The highest BCUT2D eigenvalue weighted by atomic mass is 35.5. The maximum atomic E-state index is 6.06. The van der Waals surface area contributed by atoms with Gasteiger partial charge in [-0.3, -0.25) is 0 Å². The highest BCUT2D eigenvalue weighted by molar-refractivity contribution is 7.19. The van der Waals surface area contributed by atoms with Gasteiger partial charge in [-0.05, 0) is 47.9 Å². The topological polar surface area (TPSA) is 91.7 Å². The highest BCUT2D eigenvalue weighted by Gasteiger charge is 2.16. The zero-order valence-corrected chi connectivity index (χ0v) is 19.6. The number of rotatable bonds is 6. The lowest BCUT2D eigenvalue weighted by atomic mass is 10.1. The first-order valence-corrected chi connectivity index (χ1v) is 11.6. The fourth-order valence-electron chi connectivity index (χ4n) is 3.58. The summed E-state index contributed by atoms with van der Waals surface area (Å²) in [5.41, 5.74) is 10.2. The zero-order chi connectivity index (χ0) is 22.9. The second kappa shape index (κ2) is 8.80. The van der Waals surface area contributed by atoms with Crippen LogP contribution in [0.3, 0.4) is 0 Å². The zero-order valence-electron chi connectivity index (χ0n) is 18.1. The van der Waals surface area contributed by atoms with E-state index in [2.05, 4.69) is 33.8 Å². The molecule has 2 N–H and O–H groups in total. The predicted octanol–water partition coefficient (Wildman–Crippen LogP) is 6.30. The van der Waals surface area contributed by atoms with E-state index in [0.29, 0.717) is 33.2 Å². The number of benzene rings is 2. The van der Waals surface area contributed by atoms with Gasteiger partial charge in [0, 0.05) is 17.1 Å². The molecule has 0 unspecified atom stereocenters. The van der Waals surface area contributed by atoms with E-state index in [1.807, 2.05) is 53.1 Å². The largest absolute Gasteiger partial charge is 0.437 e. The highest BCUT2D eigenvalue weighted by Crippen LogP contribution is 2.39. The van der Waals surface area contributed by atoms with Crippen molar-refractivity contribution in [2.24, 2.45) is 5.92 Å². The molecule has 7 nitrogen and oxygen atoms in total. The molecule has 0 fully saturated rings. The number of thiazole rings is 1. The number of aromatic nitrogens is 5. The predicted molar refractivity (Wildman–Crippen MR) is 133 cm³/mol. The molecule has 0 radical (unpaired) electrons. The van der Waals surface area contributed by atoms with Gasteiger partial charge in [-0.2, -0.15) is 4.98 Å². The summed E-state index contributed by atoms with van der Waals surface area (Å²) in [5, 5.41) is 1.19. The summed E-state index contributed by atoms with van der Waals surface area (Å²) >= 11 is 7.48. The summed E-state index contributed by atoms with van der Waals surface area (Å²) in [5.74, 6) is 1.56. The van der Waals surface area contributed by atoms with Gasteiger partial charge in [0.15, 0.2) is 16.3 Å². The summed E-state index contributed by atoms with van der Waals surface area (Å²) in [6.45, 7) is 5.14. The Balaban J connectivity index is 1.43. The first-order chi connectivity index (χ1) is 16.0. The molecular weight excluding hydrogens is 456 g/mol. The Morgan fingerprint density at radius 1 is 1.00 bits per heavy atom. The van der Waals surface area contributed by atoms with Gasteiger partial charge in [0.05, 0.1) is 16.9 Å². The fourth-order valence-corrected chi connectivity index (χ4v) is 4.57. The number of anilines is 1. The van der Waals surface area contributed by atoms with Crippen LogP contribution < -0.4 is 10.5 Å². The smallest absolute Gasteiger partial charge is 0.250 e. The summed E-state index contributed by atoms with van der Waals surface area (Å²) in [7, 11) is 0. The van der Waals surface area contributed by atoms with Crippen LogP contribution in [0.25, 0.3) is 32.9 Å². The van der Waals surface area contributed by atoms with E-state index in [1.54, 1.807) is 6.33 Å². The molecule has 0 bridgehead atoms. The van der Waals surface area contributed by atoms with Gasteiger partial charge in [0.1, 0.15) is 12.1 Å². The van der Waals surface area contributed by atoms with Gasteiger partial charge in [0.25, 0.3) is 5.88 Å². The van der Waals surface area contributed by atoms with Crippen molar-refractivity contribution in [2.75, 3.05) is 5.73 Å². The third-order valence-corrected chi connectivity index (χ3v) is 6.21. The monoisotopic (exact) mass is 476 g/mol. The molecule has 0 amide bonds. The first kappa shape index (κ1) is 21.4. The third kappa shape index (κ3) is 4.40. The molecule has 5 aromatic rings. The molecule has 166 valence electrons. The van der Waals surface area contributed by atoms with Crippen molar-refractivity contribution in [3.05, 3.63) is 66.2 Å². The number of halogens is 1. The molecule has 2 aromatic carbocycles. The van der Waals surface area contributed by atoms with Crippen LogP contribution in [0.2, 0.25) is 5.02 Å². The van der Waals surface area contributed by atoms with Crippen LogP contribution in [0.1, 0.15) is 13.8 Å². The Labute approximate surface area is 199 Å². The van der Waals surface area contributed by atoms with Gasteiger partial charge >= 0.3 is 0 Å². The van der Waals surface area contributed by atoms with Gasteiger partial charge in [-0.25, -0.2) is 15.0 Å². The molecule has 0 spiro atoms. The van der Waals surface area contributed by atoms with Crippen LogP contribution in [0.15, 0.2) is 61.2 Å². The quantitative estimate of drug-likeness (QED) is 0.309. The van der Waals surface area contributed by atoms with Crippen LogP contribution in [0.4, 0.5) is 5.13 Å². The van der Waals surface area contributed by atoms with Crippen molar-refractivity contribution in [1.29, 1.82) is 0 Å². The van der Waals surface area contributed by atoms with E-state index in [0.717, 1.165) is 33.9 Å². The number of nitrogen functional groups attached to an aromatic ring is 1. The SMILES string of the molecule is CC(C)Cn1cnc2c(Oc3ccc(-c4sc(N)nc4-c4ccc(Cl)cc4)cc3)ncnc21. The lowest BCUT2D eigenvalue weighted by Gasteiger charge is -2.08. The number of ether oxygens (including phenoxy) is 1. The minimum atomic E-state index is 0.430. The van der Waals surface area contributed by atoms with Crippen LogP contribution in [-0.4, -0.2) is 24.5 Å². The number of hydrogen-bond donors (Lipinski definition) is 1. The summed E-state index contributed by atoms with van der Waals surface area (Å²) in [4.78, 5) is 18.7. The van der Waals surface area contributed by atoms with Crippen molar-refractivity contribution in [3.63, 3.8) is 0 Å². The van der Waals surface area contributed by atoms with Gasteiger partial charge in [0.2, 0.25) is 0 Å². The lowest BCUT2D eigenvalue weighted by Crippen LogP contribution is -2.03. The second-order valence-corrected chi connectivity index (χ2v) is 9.47. The molecule has 0 saturated heterocycles. The first-order valence-electron chi connectivity index (χ1n) is 10.4. The Bertz CT molecular complexity index is 1410. The van der Waals surface area contributed by atoms with E-state index in [4.69, 9.17) is 22.1 Å². The van der Waals surface area contributed by atoms with Crippen molar-refractivity contribution >= 4 is 39.2 Å². The van der Waals surface area contributed by atoms with E-state index >= 15 is 0 Å². The van der Waals surface area contributed by atoms with Crippen LogP contribution in [0.5, 0.6) is 11.6 Å². The summed E-state index contributed by atoms with van der Waals surface area (Å²) in [6, 6.07) is 15.3. The maximum Gasteiger partial charge on any atom is 0.250 e. The Morgan fingerprint density at radius 2 is 1.73 bits per heavy atom. The molecule has 5 rings (SSSR count). The summed E-state index contributed by atoms with van der Waals surface area (Å²) in [6.07, 6.45) is 3.28. The number of fused-ring (bicyclic) bond motifs is 1. The van der Waals surface area contributed by atoms with Crippen LogP contribution in [0, 0.1) is 5.92 Å². The lowest BCUT2D eigenvalue weighted by molar-refractivity contribution is 0.467. The number of nitrogens with zero attached hydrogens (tertiary/aromatic N) is 5. The van der Waals surface area contributed by atoms with Crippen LogP contribution >= 0.6 is 22.9 Å². The third-order valence-electron chi connectivity index (χ3n) is 5.02. The number of nitrogens with two attached hydrogens (primary N) is 1. The minimum absolute atomic E-state index is 0.430. The average molecular weight is 477 g/mol. The maximum absolute atomic E-state index is 6.06. The molecule has 3 heterocycles. The molecule has 9 heteroatoms.